The van der Waals surface area contributed by atoms with Crippen molar-refractivity contribution in [3.63, 3.8) is 0 Å². The summed E-state index contributed by atoms with van der Waals surface area (Å²) >= 11 is 3.28. The van der Waals surface area contributed by atoms with E-state index in [0.29, 0.717) is 28.8 Å². The molecule has 0 radical (unpaired) electrons. The van der Waals surface area contributed by atoms with Crippen molar-refractivity contribution in [1.82, 2.24) is 10.2 Å². The smallest absolute Gasteiger partial charge is 0.253 e. The minimum atomic E-state index is -0.573. The van der Waals surface area contributed by atoms with Crippen molar-refractivity contribution in [3.8, 4) is 0 Å². The molecule has 0 fully saturated rings. The van der Waals surface area contributed by atoms with E-state index in [-0.39, 0.29) is 11.8 Å². The van der Waals surface area contributed by atoms with E-state index in [1.807, 2.05) is 13.8 Å². The number of anilines is 1. The molecule has 1 unspecified atom stereocenters. The van der Waals surface area contributed by atoms with E-state index in [1.165, 1.54) is 0 Å². The Kier molecular flexibility index (Phi) is 6.01. The molecule has 1 rings (SSSR count). The summed E-state index contributed by atoms with van der Waals surface area (Å²) in [6.07, 6.45) is 0. The van der Waals surface area contributed by atoms with Crippen LogP contribution in [0.25, 0.3) is 0 Å². The van der Waals surface area contributed by atoms with Crippen molar-refractivity contribution in [2.24, 2.45) is 0 Å². The number of carbonyl (C=O) groups excluding carboxylic acids is 2. The first-order chi connectivity index (χ1) is 9.42. The second-order valence-electron chi connectivity index (χ2n) is 4.41. The molecule has 0 aliphatic heterocycles. The fraction of sp³-hybridized carbons (Fsp3) is 0.429. The van der Waals surface area contributed by atoms with Gasteiger partial charge in [0.2, 0.25) is 5.91 Å². The van der Waals surface area contributed by atoms with Gasteiger partial charge in [-0.15, -0.1) is 0 Å². The van der Waals surface area contributed by atoms with Gasteiger partial charge < -0.3 is 16.0 Å². The lowest BCUT2D eigenvalue weighted by Crippen LogP contribution is -2.46. The van der Waals surface area contributed by atoms with Crippen LogP contribution in [0.4, 0.5) is 5.69 Å². The van der Waals surface area contributed by atoms with Gasteiger partial charge in [0.25, 0.3) is 5.91 Å². The number of nitrogens with two attached hydrogens (primary N) is 1. The van der Waals surface area contributed by atoms with Crippen LogP contribution in [0.15, 0.2) is 22.7 Å². The maximum absolute atomic E-state index is 12.2. The third-order valence-electron chi connectivity index (χ3n) is 3.07. The fourth-order valence-electron chi connectivity index (χ4n) is 1.87. The van der Waals surface area contributed by atoms with E-state index < -0.39 is 6.04 Å². The summed E-state index contributed by atoms with van der Waals surface area (Å²) < 4.78 is 0.542. The van der Waals surface area contributed by atoms with E-state index in [0.717, 1.165) is 0 Å². The molecule has 0 bridgehead atoms. The van der Waals surface area contributed by atoms with Crippen molar-refractivity contribution in [1.29, 1.82) is 0 Å². The van der Waals surface area contributed by atoms with Crippen molar-refractivity contribution >= 4 is 33.4 Å². The lowest BCUT2D eigenvalue weighted by molar-refractivity contribution is -0.132. The summed E-state index contributed by atoms with van der Waals surface area (Å²) in [5, 5.41) is 2.70. The molecule has 0 saturated carbocycles. The van der Waals surface area contributed by atoms with Gasteiger partial charge in [0.05, 0.1) is 10.0 Å². The SMILES string of the molecule is CCN(CC)C(=O)C(C)NC(=O)c1cccc(N)c1Br. The van der Waals surface area contributed by atoms with E-state index in [4.69, 9.17) is 5.73 Å². The van der Waals surface area contributed by atoms with Gasteiger partial charge in [-0.3, -0.25) is 9.59 Å². The first-order valence-electron chi connectivity index (χ1n) is 6.55. The van der Waals surface area contributed by atoms with Gasteiger partial charge in [0.15, 0.2) is 0 Å². The molecule has 110 valence electrons. The van der Waals surface area contributed by atoms with Crippen LogP contribution in [0.5, 0.6) is 0 Å². The quantitative estimate of drug-likeness (QED) is 0.804. The van der Waals surface area contributed by atoms with Crippen LogP contribution in [-0.4, -0.2) is 35.8 Å². The van der Waals surface area contributed by atoms with E-state index in [9.17, 15) is 9.59 Å². The van der Waals surface area contributed by atoms with Gasteiger partial charge in [-0.25, -0.2) is 0 Å². The third kappa shape index (κ3) is 3.72. The van der Waals surface area contributed by atoms with Crippen molar-refractivity contribution in [2.45, 2.75) is 26.8 Å². The number of nitrogen functional groups attached to an aromatic ring is 1. The molecule has 0 saturated heterocycles. The molecule has 1 aromatic carbocycles. The van der Waals surface area contributed by atoms with Crippen LogP contribution in [0.2, 0.25) is 0 Å². The molecule has 2 amide bonds. The Hall–Kier alpha value is -1.56. The van der Waals surface area contributed by atoms with Gasteiger partial charge in [-0.05, 0) is 48.8 Å². The van der Waals surface area contributed by atoms with Crippen LogP contribution in [0, 0.1) is 0 Å². The summed E-state index contributed by atoms with van der Waals surface area (Å²) in [4.78, 5) is 25.9. The highest BCUT2D eigenvalue weighted by molar-refractivity contribution is 9.10. The highest BCUT2D eigenvalue weighted by Gasteiger charge is 2.21. The number of rotatable bonds is 5. The number of amides is 2. The minimum Gasteiger partial charge on any atom is -0.398 e. The zero-order valence-electron chi connectivity index (χ0n) is 11.9. The zero-order valence-corrected chi connectivity index (χ0v) is 13.5. The molecule has 0 spiro atoms. The number of halogens is 1. The Morgan fingerprint density at radius 3 is 2.50 bits per heavy atom. The largest absolute Gasteiger partial charge is 0.398 e. The summed E-state index contributed by atoms with van der Waals surface area (Å²) in [5.74, 6) is -0.416. The van der Waals surface area contributed by atoms with E-state index in [1.54, 1.807) is 30.0 Å². The first-order valence-corrected chi connectivity index (χ1v) is 7.35. The van der Waals surface area contributed by atoms with Crippen LogP contribution in [0.1, 0.15) is 31.1 Å². The second kappa shape index (κ2) is 7.28. The third-order valence-corrected chi connectivity index (χ3v) is 3.95. The summed E-state index contributed by atoms with van der Waals surface area (Å²) in [5.41, 5.74) is 6.65. The van der Waals surface area contributed by atoms with Gasteiger partial charge in [0.1, 0.15) is 6.04 Å². The van der Waals surface area contributed by atoms with Crippen molar-refractivity contribution in [2.75, 3.05) is 18.8 Å². The molecule has 3 N–H and O–H groups in total. The predicted molar refractivity (Wildman–Crippen MR) is 83.4 cm³/mol. The standard InChI is InChI=1S/C14H20BrN3O2/c1-4-18(5-2)14(20)9(3)17-13(19)10-7-6-8-11(16)12(10)15/h6-9H,4-5,16H2,1-3H3,(H,17,19). The number of hydrogen-bond donors (Lipinski definition) is 2. The van der Waals surface area contributed by atoms with Gasteiger partial charge in [-0.1, -0.05) is 6.07 Å². The summed E-state index contributed by atoms with van der Waals surface area (Å²) in [6, 6.07) is 4.48. The lowest BCUT2D eigenvalue weighted by Gasteiger charge is -2.23. The maximum atomic E-state index is 12.2. The molecule has 1 atom stereocenters. The Balaban J connectivity index is 2.80. The lowest BCUT2D eigenvalue weighted by atomic mass is 10.1. The Labute approximate surface area is 127 Å². The highest BCUT2D eigenvalue weighted by atomic mass is 79.9. The number of benzene rings is 1. The monoisotopic (exact) mass is 341 g/mol. The average molecular weight is 342 g/mol. The molecule has 20 heavy (non-hydrogen) atoms. The Morgan fingerprint density at radius 2 is 1.95 bits per heavy atom. The van der Waals surface area contributed by atoms with Gasteiger partial charge in [-0.2, -0.15) is 0 Å². The van der Waals surface area contributed by atoms with Gasteiger partial charge in [0, 0.05) is 18.8 Å². The number of nitrogens with one attached hydrogen (secondary N) is 1. The Bertz CT molecular complexity index is 501. The number of nitrogens with zero attached hydrogens (tertiary/aromatic N) is 1. The summed E-state index contributed by atoms with van der Waals surface area (Å²) in [6.45, 7) is 6.74. The molecule has 0 aliphatic rings. The molecule has 5 nitrogen and oxygen atoms in total. The van der Waals surface area contributed by atoms with Crippen LogP contribution in [-0.2, 0) is 4.79 Å². The van der Waals surface area contributed by atoms with E-state index in [2.05, 4.69) is 21.2 Å². The maximum Gasteiger partial charge on any atom is 0.253 e. The molecule has 6 heteroatoms. The molecule has 0 aromatic heterocycles. The molecule has 0 heterocycles. The average Bonchev–Trinajstić information content (AvgIpc) is 2.42. The topological polar surface area (TPSA) is 75.4 Å². The van der Waals surface area contributed by atoms with E-state index >= 15 is 0 Å². The number of likely N-dealkylation sites (N-methyl/N-ethyl adjacent to an activating group) is 1. The molecular weight excluding hydrogens is 322 g/mol. The first kappa shape index (κ1) is 16.5. The molecule has 0 aliphatic carbocycles. The highest BCUT2D eigenvalue weighted by Crippen LogP contribution is 2.23. The van der Waals surface area contributed by atoms with Gasteiger partial charge >= 0.3 is 0 Å². The van der Waals surface area contributed by atoms with Crippen LogP contribution in [0.3, 0.4) is 0 Å². The molecular formula is C14H20BrN3O2. The summed E-state index contributed by atoms with van der Waals surface area (Å²) in [7, 11) is 0. The second-order valence-corrected chi connectivity index (χ2v) is 5.21. The number of hydrogen-bond acceptors (Lipinski definition) is 3. The zero-order chi connectivity index (χ0) is 15.3. The number of carbonyl (C=O) groups is 2. The van der Waals surface area contributed by atoms with Crippen LogP contribution < -0.4 is 11.1 Å². The molecule has 1 aromatic rings. The Morgan fingerprint density at radius 1 is 1.35 bits per heavy atom. The van der Waals surface area contributed by atoms with Crippen molar-refractivity contribution in [3.05, 3.63) is 28.2 Å². The fourth-order valence-corrected chi connectivity index (χ4v) is 2.31. The predicted octanol–water partition coefficient (Wildman–Crippen LogP) is 2.02. The minimum absolute atomic E-state index is 0.0941. The van der Waals surface area contributed by atoms with Crippen molar-refractivity contribution < 1.29 is 9.59 Å². The normalized spacial score (nSPS) is 11.8. The van der Waals surface area contributed by atoms with Crippen LogP contribution >= 0.6 is 15.9 Å².